The summed E-state index contributed by atoms with van der Waals surface area (Å²) >= 11 is 0. The molecule has 0 atom stereocenters. The zero-order chi connectivity index (χ0) is 19.0. The first-order valence-electron chi connectivity index (χ1n) is 8.42. The Morgan fingerprint density at radius 3 is 1.56 bits per heavy atom. The summed E-state index contributed by atoms with van der Waals surface area (Å²) < 4.78 is 32.6. The van der Waals surface area contributed by atoms with Crippen molar-refractivity contribution in [2.24, 2.45) is 0 Å². The molecule has 0 saturated heterocycles. The molecule has 0 aliphatic carbocycles. The number of rotatable bonds is 4. The minimum Gasteiger partial charge on any atom is -0.462 e. The summed E-state index contributed by atoms with van der Waals surface area (Å²) in [7, 11) is 0. The zero-order valence-corrected chi connectivity index (χ0v) is 14.6. The van der Waals surface area contributed by atoms with E-state index in [0.717, 1.165) is 0 Å². The maximum atomic E-state index is 11.9. The van der Waals surface area contributed by atoms with E-state index < -0.39 is 18.1 Å². The highest BCUT2D eigenvalue weighted by atomic mass is 17.0. The second-order valence-electron chi connectivity index (χ2n) is 5.67. The normalized spacial score (nSPS) is 14.9. The fraction of sp³-hybridized carbons (Fsp3) is 0.263. The topological polar surface area (TPSA) is 89.5 Å². The molecule has 0 N–H and O–H groups in total. The summed E-state index contributed by atoms with van der Waals surface area (Å²) in [6.45, 7) is 3.98. The summed E-state index contributed by atoms with van der Waals surface area (Å²) in [6.07, 6.45) is -1.84. The molecule has 2 aliphatic rings. The number of hydrogen-bond acceptors (Lipinski definition) is 8. The number of carbonyl (C=O) groups excluding carboxylic acids is 2. The van der Waals surface area contributed by atoms with E-state index in [0.29, 0.717) is 22.6 Å². The highest BCUT2D eigenvalue weighted by molar-refractivity contribution is 5.91. The lowest BCUT2D eigenvalue weighted by molar-refractivity contribution is -0.330. The second kappa shape index (κ2) is 6.39. The first-order chi connectivity index (χ1) is 13.0. The zero-order valence-electron chi connectivity index (χ0n) is 14.6. The van der Waals surface area contributed by atoms with Crippen molar-refractivity contribution in [2.75, 3.05) is 13.2 Å². The van der Waals surface area contributed by atoms with Crippen LogP contribution in [-0.2, 0) is 9.47 Å². The molecular formula is C19H16O8. The Morgan fingerprint density at radius 2 is 1.15 bits per heavy atom. The molecule has 0 fully saturated rings. The average molecular weight is 372 g/mol. The van der Waals surface area contributed by atoms with Crippen LogP contribution in [-0.4, -0.2) is 31.3 Å². The van der Waals surface area contributed by atoms with Crippen molar-refractivity contribution < 1.29 is 38.0 Å². The highest BCUT2D eigenvalue weighted by Crippen LogP contribution is 2.47. The SMILES string of the molecule is CCOC(=O)c1ccc2c(c1)OC1(O2)Oc2ccc(C(=O)OCC)cc2O1. The van der Waals surface area contributed by atoms with Gasteiger partial charge in [-0.15, -0.1) is 0 Å². The van der Waals surface area contributed by atoms with Crippen molar-refractivity contribution in [1.82, 2.24) is 0 Å². The molecule has 0 aromatic heterocycles. The van der Waals surface area contributed by atoms with Gasteiger partial charge >= 0.3 is 18.1 Å². The monoisotopic (exact) mass is 372 g/mol. The standard InChI is InChI=1S/C19H16O8/c1-3-22-17(20)11-5-7-13-15(9-11)26-19(24-13)25-14-8-6-12(10-16(14)27-19)18(21)23-4-2/h5-10H,3-4H2,1-2H3. The van der Waals surface area contributed by atoms with Crippen LogP contribution in [0.25, 0.3) is 0 Å². The summed E-state index contributed by atoms with van der Waals surface area (Å²) in [6, 6.07) is 9.22. The number of carbonyl (C=O) groups is 2. The molecule has 8 nitrogen and oxygen atoms in total. The van der Waals surface area contributed by atoms with Gasteiger partial charge < -0.3 is 28.4 Å². The highest BCUT2D eigenvalue weighted by Gasteiger charge is 2.54. The van der Waals surface area contributed by atoms with Crippen molar-refractivity contribution in [2.45, 2.75) is 20.0 Å². The maximum Gasteiger partial charge on any atom is 0.611 e. The van der Waals surface area contributed by atoms with Gasteiger partial charge in [0, 0.05) is 0 Å². The summed E-state index contributed by atoms with van der Waals surface area (Å²) in [5.41, 5.74) is 0.632. The third-order valence-corrected chi connectivity index (χ3v) is 3.85. The maximum absolute atomic E-state index is 11.9. The van der Waals surface area contributed by atoms with E-state index in [1.165, 1.54) is 12.1 Å². The van der Waals surface area contributed by atoms with Gasteiger partial charge in [0.15, 0.2) is 23.0 Å². The Bertz CT molecular complexity index is 844. The van der Waals surface area contributed by atoms with E-state index in [2.05, 4.69) is 0 Å². The average Bonchev–Trinajstić information content (AvgIpc) is 3.18. The third-order valence-electron chi connectivity index (χ3n) is 3.85. The molecular weight excluding hydrogens is 356 g/mol. The van der Waals surface area contributed by atoms with E-state index in [1.807, 2.05) is 0 Å². The van der Waals surface area contributed by atoms with Crippen LogP contribution in [0.4, 0.5) is 0 Å². The van der Waals surface area contributed by atoms with Crippen LogP contribution >= 0.6 is 0 Å². The van der Waals surface area contributed by atoms with Crippen LogP contribution in [0.15, 0.2) is 36.4 Å². The number of hydrogen-bond donors (Lipinski definition) is 0. The third kappa shape index (κ3) is 2.99. The van der Waals surface area contributed by atoms with E-state index in [-0.39, 0.29) is 24.7 Å². The van der Waals surface area contributed by atoms with Gasteiger partial charge in [0.25, 0.3) is 0 Å². The Kier molecular flexibility index (Phi) is 4.02. The van der Waals surface area contributed by atoms with Crippen molar-refractivity contribution in [3.63, 3.8) is 0 Å². The van der Waals surface area contributed by atoms with Crippen LogP contribution in [0.3, 0.4) is 0 Å². The summed E-state index contributed by atoms with van der Waals surface area (Å²) in [5.74, 6) is 0.307. The lowest BCUT2D eigenvalue weighted by atomic mass is 10.2. The van der Waals surface area contributed by atoms with Crippen LogP contribution in [0.2, 0.25) is 0 Å². The molecule has 0 saturated carbocycles. The molecule has 27 heavy (non-hydrogen) atoms. The van der Waals surface area contributed by atoms with Gasteiger partial charge in [-0.25, -0.2) is 9.59 Å². The quantitative estimate of drug-likeness (QED) is 0.757. The molecule has 0 unspecified atom stereocenters. The summed E-state index contributed by atoms with van der Waals surface area (Å²) in [4.78, 5) is 23.7. The molecule has 2 aliphatic heterocycles. The van der Waals surface area contributed by atoms with Crippen molar-refractivity contribution >= 4 is 11.9 Å². The predicted octanol–water partition coefficient (Wildman–Crippen LogP) is 2.89. The second-order valence-corrected chi connectivity index (χ2v) is 5.67. The summed E-state index contributed by atoms with van der Waals surface area (Å²) in [5, 5.41) is 0. The Labute approximate surface area is 154 Å². The van der Waals surface area contributed by atoms with Crippen molar-refractivity contribution in [3.8, 4) is 23.0 Å². The van der Waals surface area contributed by atoms with E-state index in [4.69, 9.17) is 28.4 Å². The van der Waals surface area contributed by atoms with E-state index >= 15 is 0 Å². The van der Waals surface area contributed by atoms with Gasteiger partial charge in [-0.3, -0.25) is 0 Å². The molecule has 2 aromatic rings. The Balaban J connectivity index is 1.55. The Hall–Kier alpha value is -3.42. The first kappa shape index (κ1) is 17.0. The lowest BCUT2D eigenvalue weighted by Gasteiger charge is -2.17. The molecule has 4 rings (SSSR count). The van der Waals surface area contributed by atoms with Crippen molar-refractivity contribution in [1.29, 1.82) is 0 Å². The molecule has 1 spiro atoms. The van der Waals surface area contributed by atoms with Gasteiger partial charge in [-0.05, 0) is 50.2 Å². The van der Waals surface area contributed by atoms with Crippen LogP contribution < -0.4 is 18.9 Å². The van der Waals surface area contributed by atoms with Crippen LogP contribution in [0, 0.1) is 0 Å². The lowest BCUT2D eigenvalue weighted by Crippen LogP contribution is -2.47. The fourth-order valence-electron chi connectivity index (χ4n) is 2.69. The molecule has 0 radical (unpaired) electrons. The largest absolute Gasteiger partial charge is 0.611 e. The van der Waals surface area contributed by atoms with Gasteiger partial charge in [-0.1, -0.05) is 0 Å². The van der Waals surface area contributed by atoms with Crippen LogP contribution in [0.5, 0.6) is 23.0 Å². The van der Waals surface area contributed by atoms with E-state index in [1.54, 1.807) is 38.1 Å². The van der Waals surface area contributed by atoms with Gasteiger partial charge in [0.05, 0.1) is 24.3 Å². The van der Waals surface area contributed by atoms with Gasteiger partial charge in [-0.2, -0.15) is 0 Å². The number of ether oxygens (including phenoxy) is 6. The first-order valence-corrected chi connectivity index (χ1v) is 8.42. The van der Waals surface area contributed by atoms with E-state index in [9.17, 15) is 9.59 Å². The smallest absolute Gasteiger partial charge is 0.462 e. The molecule has 2 aromatic carbocycles. The van der Waals surface area contributed by atoms with Crippen molar-refractivity contribution in [3.05, 3.63) is 47.5 Å². The molecule has 0 amide bonds. The van der Waals surface area contributed by atoms with Crippen LogP contribution in [0.1, 0.15) is 34.6 Å². The molecule has 8 heteroatoms. The molecule has 0 bridgehead atoms. The fourth-order valence-corrected chi connectivity index (χ4v) is 2.69. The van der Waals surface area contributed by atoms with Gasteiger partial charge in [0.2, 0.25) is 0 Å². The van der Waals surface area contributed by atoms with Gasteiger partial charge in [0.1, 0.15) is 0 Å². The Morgan fingerprint density at radius 1 is 0.741 bits per heavy atom. The molecule has 140 valence electrons. The predicted molar refractivity (Wildman–Crippen MR) is 90.0 cm³/mol. The minimum atomic E-state index is -1.84. The minimum absolute atomic E-state index is 0.265. The molecule has 2 heterocycles. The number of esters is 2. The number of benzene rings is 2. The number of fused-ring (bicyclic) bond motifs is 2.